The molecule has 0 radical (unpaired) electrons. The van der Waals surface area contributed by atoms with E-state index in [0.717, 1.165) is 45.0 Å². The predicted molar refractivity (Wildman–Crippen MR) is 98.8 cm³/mol. The highest BCUT2D eigenvalue weighted by molar-refractivity contribution is 5.78. The summed E-state index contributed by atoms with van der Waals surface area (Å²) in [5.41, 5.74) is -0.165. The lowest BCUT2D eigenvalue weighted by Gasteiger charge is -2.24. The molecule has 2 heterocycles. The first-order valence-electron chi connectivity index (χ1n) is 9.13. The molecule has 10 nitrogen and oxygen atoms in total. The van der Waals surface area contributed by atoms with E-state index in [2.05, 4.69) is 4.90 Å². The fourth-order valence-electron chi connectivity index (χ4n) is 3.67. The summed E-state index contributed by atoms with van der Waals surface area (Å²) in [6, 6.07) is 3.75. The molecule has 2 fully saturated rings. The third kappa shape index (κ3) is 4.51. The van der Waals surface area contributed by atoms with Crippen molar-refractivity contribution in [2.75, 3.05) is 50.7 Å². The minimum atomic E-state index is -0.634. The normalized spacial score (nSPS) is 18.4. The van der Waals surface area contributed by atoms with Crippen molar-refractivity contribution in [2.45, 2.75) is 19.3 Å². The lowest BCUT2D eigenvalue weighted by Crippen LogP contribution is -2.40. The molecular weight excluding hydrogens is 354 g/mol. The van der Waals surface area contributed by atoms with Crippen molar-refractivity contribution in [3.05, 3.63) is 38.4 Å². The zero-order chi connectivity index (χ0) is 19.4. The monoisotopic (exact) mass is 377 g/mol. The van der Waals surface area contributed by atoms with E-state index >= 15 is 0 Å². The third-order valence-electron chi connectivity index (χ3n) is 5.11. The van der Waals surface area contributed by atoms with Crippen molar-refractivity contribution < 1.29 is 14.6 Å². The average Bonchev–Trinajstić information content (AvgIpc) is 3.09. The Morgan fingerprint density at radius 2 is 1.67 bits per heavy atom. The Morgan fingerprint density at radius 1 is 0.926 bits per heavy atom. The van der Waals surface area contributed by atoms with Gasteiger partial charge in [0.25, 0.3) is 11.4 Å². The van der Waals surface area contributed by atoms with Crippen LogP contribution in [-0.4, -0.2) is 71.4 Å². The first-order chi connectivity index (χ1) is 13.0. The van der Waals surface area contributed by atoms with E-state index in [1.54, 1.807) is 0 Å². The first-order valence-corrected chi connectivity index (χ1v) is 9.13. The van der Waals surface area contributed by atoms with Crippen molar-refractivity contribution in [1.82, 2.24) is 9.80 Å². The number of hydrogen-bond donors (Lipinski definition) is 0. The third-order valence-corrected chi connectivity index (χ3v) is 5.11. The van der Waals surface area contributed by atoms with Gasteiger partial charge in [-0.2, -0.15) is 0 Å². The smallest absolute Gasteiger partial charge is 0.299 e. The second kappa shape index (κ2) is 8.30. The summed E-state index contributed by atoms with van der Waals surface area (Å²) in [5, 5.41) is 22.3. The van der Waals surface area contributed by atoms with Crippen molar-refractivity contribution in [3.63, 3.8) is 0 Å². The van der Waals surface area contributed by atoms with Crippen LogP contribution in [0.5, 0.6) is 0 Å². The van der Waals surface area contributed by atoms with E-state index in [0.29, 0.717) is 31.9 Å². The molecule has 0 spiro atoms. The fourth-order valence-corrected chi connectivity index (χ4v) is 3.67. The van der Waals surface area contributed by atoms with Crippen LogP contribution in [0.1, 0.15) is 19.3 Å². The maximum absolute atomic E-state index is 12.3. The molecule has 27 heavy (non-hydrogen) atoms. The molecule has 0 atom stereocenters. The molecule has 1 aromatic carbocycles. The standard InChI is InChI=1S/C17H23N5O5/c23-17(20-7-1-2-8-20)13-18-6-3-9-19(11-10-18)15-5-4-14(21(24)25)12-16(15)22(26)27/h4-5,12H,1-3,6-11,13H2. The zero-order valence-electron chi connectivity index (χ0n) is 15.1. The van der Waals surface area contributed by atoms with Gasteiger partial charge in [-0.15, -0.1) is 0 Å². The number of nitro benzene ring substituents is 2. The molecule has 0 unspecified atom stereocenters. The van der Waals surface area contributed by atoms with E-state index in [1.807, 2.05) is 9.80 Å². The van der Waals surface area contributed by atoms with Gasteiger partial charge in [-0.25, -0.2) is 0 Å². The molecule has 3 rings (SSSR count). The zero-order valence-corrected chi connectivity index (χ0v) is 15.1. The van der Waals surface area contributed by atoms with Gasteiger partial charge in [0.2, 0.25) is 5.91 Å². The Balaban J connectivity index is 1.67. The number of anilines is 1. The van der Waals surface area contributed by atoms with Crippen LogP contribution in [0.15, 0.2) is 18.2 Å². The van der Waals surface area contributed by atoms with Crippen LogP contribution in [0.4, 0.5) is 17.1 Å². The maximum Gasteiger partial charge on any atom is 0.299 e. The molecule has 1 amide bonds. The number of nitro groups is 2. The Bertz CT molecular complexity index is 734. The molecule has 0 aliphatic carbocycles. The van der Waals surface area contributed by atoms with Crippen LogP contribution in [-0.2, 0) is 4.79 Å². The van der Waals surface area contributed by atoms with E-state index in [9.17, 15) is 25.0 Å². The van der Waals surface area contributed by atoms with Gasteiger partial charge in [0, 0.05) is 45.3 Å². The molecular formula is C17H23N5O5. The molecule has 10 heteroatoms. The number of non-ortho nitro benzene ring substituents is 1. The fraction of sp³-hybridized carbons (Fsp3) is 0.588. The van der Waals surface area contributed by atoms with Crippen LogP contribution < -0.4 is 4.90 Å². The maximum atomic E-state index is 12.3. The van der Waals surface area contributed by atoms with Crippen LogP contribution in [0.2, 0.25) is 0 Å². The highest BCUT2D eigenvalue weighted by atomic mass is 16.6. The summed E-state index contributed by atoms with van der Waals surface area (Å²) < 4.78 is 0. The predicted octanol–water partition coefficient (Wildman–Crippen LogP) is 1.64. The molecule has 1 aromatic rings. The van der Waals surface area contributed by atoms with Gasteiger partial charge in [0.1, 0.15) is 5.69 Å². The van der Waals surface area contributed by atoms with Gasteiger partial charge in [0.15, 0.2) is 0 Å². The van der Waals surface area contributed by atoms with E-state index in [4.69, 9.17) is 0 Å². The minimum absolute atomic E-state index is 0.141. The Morgan fingerprint density at radius 3 is 2.33 bits per heavy atom. The Labute approximate surface area is 156 Å². The Kier molecular flexibility index (Phi) is 5.84. The largest absolute Gasteiger partial charge is 0.365 e. The molecule has 2 aliphatic heterocycles. The summed E-state index contributed by atoms with van der Waals surface area (Å²) in [7, 11) is 0. The van der Waals surface area contributed by atoms with Crippen LogP contribution >= 0.6 is 0 Å². The molecule has 0 N–H and O–H groups in total. The molecule has 2 aliphatic rings. The first kappa shape index (κ1) is 19.0. The van der Waals surface area contributed by atoms with Crippen molar-refractivity contribution in [2.24, 2.45) is 0 Å². The average molecular weight is 377 g/mol. The molecule has 0 saturated carbocycles. The van der Waals surface area contributed by atoms with E-state index < -0.39 is 9.85 Å². The van der Waals surface area contributed by atoms with Gasteiger partial charge in [0.05, 0.1) is 22.5 Å². The second-order valence-corrected chi connectivity index (χ2v) is 6.89. The SMILES string of the molecule is O=C(CN1CCCN(c2ccc([N+](=O)[O-])cc2[N+](=O)[O-])CC1)N1CCCC1. The van der Waals surface area contributed by atoms with Gasteiger partial charge < -0.3 is 9.80 Å². The van der Waals surface area contributed by atoms with Gasteiger partial charge in [-0.3, -0.25) is 29.9 Å². The quantitative estimate of drug-likeness (QED) is 0.566. The summed E-state index contributed by atoms with van der Waals surface area (Å²) in [6.07, 6.45) is 2.88. The van der Waals surface area contributed by atoms with E-state index in [-0.39, 0.29) is 17.3 Å². The number of hydrogen-bond acceptors (Lipinski definition) is 7. The summed E-state index contributed by atoms with van der Waals surface area (Å²) in [4.78, 5) is 39.3. The highest BCUT2D eigenvalue weighted by Gasteiger charge is 2.26. The molecule has 0 aromatic heterocycles. The number of amides is 1. The summed E-state index contributed by atoms with van der Waals surface area (Å²) >= 11 is 0. The van der Waals surface area contributed by atoms with Crippen LogP contribution in [0.3, 0.4) is 0 Å². The van der Waals surface area contributed by atoms with Crippen molar-refractivity contribution in [1.29, 1.82) is 0 Å². The van der Waals surface area contributed by atoms with Crippen LogP contribution in [0.25, 0.3) is 0 Å². The lowest BCUT2D eigenvalue weighted by molar-refractivity contribution is -0.393. The molecule has 2 saturated heterocycles. The number of rotatable bonds is 5. The molecule has 146 valence electrons. The van der Waals surface area contributed by atoms with Crippen molar-refractivity contribution >= 4 is 23.0 Å². The van der Waals surface area contributed by atoms with Gasteiger partial charge >= 0.3 is 0 Å². The number of likely N-dealkylation sites (tertiary alicyclic amines) is 1. The number of benzene rings is 1. The number of nitrogens with zero attached hydrogens (tertiary/aromatic N) is 5. The lowest BCUT2D eigenvalue weighted by atomic mass is 10.2. The Hall–Kier alpha value is -2.75. The van der Waals surface area contributed by atoms with E-state index in [1.165, 1.54) is 12.1 Å². The summed E-state index contributed by atoms with van der Waals surface area (Å²) in [6.45, 7) is 4.53. The highest BCUT2D eigenvalue weighted by Crippen LogP contribution is 2.32. The van der Waals surface area contributed by atoms with Crippen molar-refractivity contribution in [3.8, 4) is 0 Å². The topological polar surface area (TPSA) is 113 Å². The van der Waals surface area contributed by atoms with Crippen LogP contribution in [0, 0.1) is 20.2 Å². The number of carbonyl (C=O) groups is 1. The van der Waals surface area contributed by atoms with Gasteiger partial charge in [-0.05, 0) is 25.3 Å². The number of carbonyl (C=O) groups excluding carboxylic acids is 1. The minimum Gasteiger partial charge on any atom is -0.365 e. The molecule has 0 bridgehead atoms. The summed E-state index contributed by atoms with van der Waals surface area (Å²) in [5.74, 6) is 0.141. The second-order valence-electron chi connectivity index (χ2n) is 6.89. The van der Waals surface area contributed by atoms with Gasteiger partial charge in [-0.1, -0.05) is 0 Å².